The Kier molecular flexibility index (Phi) is 10.1. The van der Waals surface area contributed by atoms with Crippen LogP contribution in [0.5, 0.6) is 0 Å². The number of hydrogen-bond donors (Lipinski definition) is 2. The van der Waals surface area contributed by atoms with E-state index in [-0.39, 0.29) is 17.8 Å². The van der Waals surface area contributed by atoms with Crippen LogP contribution in [-0.4, -0.2) is 64.7 Å². The van der Waals surface area contributed by atoms with Crippen molar-refractivity contribution in [1.82, 2.24) is 19.8 Å². The smallest absolute Gasteiger partial charge is 0.225 e. The number of fused-ring (bicyclic) bond motifs is 1. The number of nitrogens with two attached hydrogens (primary N) is 1. The molecule has 3 N–H and O–H groups in total. The zero-order valence-electron chi connectivity index (χ0n) is 24.0. The zero-order chi connectivity index (χ0) is 28.1. The molecule has 2 aliphatic heterocycles. The molecule has 0 aromatic carbocycles. The fourth-order valence-corrected chi connectivity index (χ4v) is 6.64. The Morgan fingerprint density at radius 3 is 2.62 bits per heavy atom. The number of thioether (sulfide) groups is 1. The third-order valence-electron chi connectivity index (χ3n) is 8.82. The fraction of sp³-hybridized carbons (Fsp3) is 0.633. The van der Waals surface area contributed by atoms with Gasteiger partial charge in [-0.1, -0.05) is 26.5 Å². The lowest BCUT2D eigenvalue weighted by atomic mass is 9.85. The van der Waals surface area contributed by atoms with Crippen molar-refractivity contribution in [1.29, 1.82) is 0 Å². The second kappa shape index (κ2) is 13.3. The van der Waals surface area contributed by atoms with Crippen LogP contribution in [0.25, 0.3) is 5.57 Å². The Morgan fingerprint density at radius 2 is 1.95 bits per heavy atom. The van der Waals surface area contributed by atoms with Crippen molar-refractivity contribution in [2.24, 2.45) is 34.4 Å². The zero-order valence-corrected chi connectivity index (χ0v) is 24.8. The summed E-state index contributed by atoms with van der Waals surface area (Å²) in [5.74, 6) is 3.04. The first kappa shape index (κ1) is 29.6. The molecule has 3 aliphatic rings. The molecule has 3 unspecified atom stereocenters. The highest BCUT2D eigenvalue weighted by Gasteiger charge is 2.37. The van der Waals surface area contributed by atoms with Gasteiger partial charge < -0.3 is 20.5 Å². The molecule has 0 bridgehead atoms. The summed E-state index contributed by atoms with van der Waals surface area (Å²) in [6.45, 7) is 14.0. The average Bonchev–Trinajstić information content (AvgIpc) is 3.33. The van der Waals surface area contributed by atoms with Crippen LogP contribution in [0.2, 0.25) is 0 Å². The molecule has 4 rings (SSSR count). The van der Waals surface area contributed by atoms with Crippen molar-refractivity contribution in [2.45, 2.75) is 65.5 Å². The van der Waals surface area contributed by atoms with E-state index in [0.29, 0.717) is 35.1 Å². The lowest BCUT2D eigenvalue weighted by molar-refractivity contribution is -0.139. The molecule has 1 amide bonds. The fourth-order valence-electron chi connectivity index (χ4n) is 6.16. The van der Waals surface area contributed by atoms with Crippen LogP contribution in [0.3, 0.4) is 0 Å². The molecule has 1 saturated heterocycles. The first-order chi connectivity index (χ1) is 18.7. The number of nitrogens with zero attached hydrogens (tertiary/aromatic N) is 4. The lowest BCUT2D eigenvalue weighted by Crippen LogP contribution is -2.45. The summed E-state index contributed by atoms with van der Waals surface area (Å²) in [7, 11) is 0. The molecule has 1 saturated carbocycles. The summed E-state index contributed by atoms with van der Waals surface area (Å²) >= 11 is 1.38. The summed E-state index contributed by atoms with van der Waals surface area (Å²) < 4.78 is 15.8. The Labute approximate surface area is 237 Å². The highest BCUT2D eigenvalue weighted by atomic mass is 32.2. The van der Waals surface area contributed by atoms with E-state index in [4.69, 9.17) is 15.7 Å². The number of carbonyl (C=O) groups excluding carboxylic acids is 1. The number of piperidine rings is 1. The van der Waals surface area contributed by atoms with E-state index in [2.05, 4.69) is 35.2 Å². The number of rotatable bonds is 7. The number of halogens is 1. The van der Waals surface area contributed by atoms with Crippen molar-refractivity contribution in [2.75, 3.05) is 32.4 Å². The average molecular weight is 557 g/mol. The number of likely N-dealkylation sites (tertiary alicyclic amines) is 1. The number of allylic oxidation sites excluding steroid dienone is 4. The minimum absolute atomic E-state index is 0.0615. The van der Waals surface area contributed by atoms with Crippen molar-refractivity contribution in [3.05, 3.63) is 47.2 Å². The van der Waals surface area contributed by atoms with E-state index in [1.807, 2.05) is 18.5 Å². The van der Waals surface area contributed by atoms with Crippen molar-refractivity contribution in [3.63, 3.8) is 0 Å². The predicted molar refractivity (Wildman–Crippen MR) is 160 cm³/mol. The Bertz CT molecular complexity index is 1130. The molecule has 2 fully saturated rings. The van der Waals surface area contributed by atoms with Crippen LogP contribution >= 0.6 is 11.8 Å². The van der Waals surface area contributed by atoms with Crippen molar-refractivity contribution < 1.29 is 9.18 Å². The molecular formula is C30H45FN6OS. The Hall–Kier alpha value is -2.39. The predicted octanol–water partition coefficient (Wildman–Crippen LogP) is 5.00. The highest BCUT2D eigenvalue weighted by Crippen LogP contribution is 2.35. The van der Waals surface area contributed by atoms with Gasteiger partial charge in [0.1, 0.15) is 5.83 Å². The third-order valence-corrected chi connectivity index (χ3v) is 9.67. The molecule has 3 heterocycles. The largest absolute Gasteiger partial charge is 0.364 e. The summed E-state index contributed by atoms with van der Waals surface area (Å²) in [4.78, 5) is 25.7. The number of amidine groups is 1. The number of hydrogen-bond acceptors (Lipinski definition) is 6. The molecule has 39 heavy (non-hydrogen) atoms. The van der Waals surface area contributed by atoms with Crippen LogP contribution in [0.1, 0.15) is 64.4 Å². The highest BCUT2D eigenvalue weighted by molar-refractivity contribution is 8.02. The van der Waals surface area contributed by atoms with Crippen LogP contribution in [-0.2, 0) is 11.3 Å². The van der Waals surface area contributed by atoms with Crippen LogP contribution in [0.15, 0.2) is 40.7 Å². The number of aliphatic imine (C=N–C) groups is 1. The molecule has 7 nitrogen and oxygen atoms in total. The summed E-state index contributed by atoms with van der Waals surface area (Å²) in [6.07, 6.45) is 12.2. The molecule has 1 aliphatic carbocycles. The van der Waals surface area contributed by atoms with E-state index >= 15 is 0 Å². The topological polar surface area (TPSA) is 88.5 Å². The molecule has 1 aromatic heterocycles. The van der Waals surface area contributed by atoms with E-state index in [0.717, 1.165) is 81.2 Å². The van der Waals surface area contributed by atoms with E-state index < -0.39 is 0 Å². The number of nitrogens with one attached hydrogen (secondary N) is 1. The van der Waals surface area contributed by atoms with Gasteiger partial charge in [0.2, 0.25) is 5.91 Å². The lowest BCUT2D eigenvalue weighted by Gasteiger charge is -2.35. The summed E-state index contributed by atoms with van der Waals surface area (Å²) in [5.41, 5.74) is 7.56. The second-order valence-corrected chi connectivity index (χ2v) is 12.3. The molecule has 1 aromatic rings. The standard InChI is InChI=1S/C30H45FN6OS/c1-19-6-8-25(21(3)16-24(19)30(38)36-13-10-23(17-32)11-14-36)35-28-29-34-18-26(37(29)15-12-33-28)20(2)7-9-27(39-5)22(4)31/h7,9,18-19,21,23-25H,2,6,8,10-17,32H2,1,3-5H3,(H,33,35)/b9-7-,27-22-/t19?,21?,24?,25-/m1/s1. The maximum absolute atomic E-state index is 13.7. The third kappa shape index (κ3) is 6.85. The van der Waals surface area contributed by atoms with Gasteiger partial charge in [0.05, 0.1) is 18.4 Å². The molecule has 214 valence electrons. The first-order valence-corrected chi connectivity index (χ1v) is 15.6. The summed E-state index contributed by atoms with van der Waals surface area (Å²) in [6, 6.07) is 0.226. The quantitative estimate of drug-likeness (QED) is 0.364. The molecule has 0 radical (unpaired) electrons. The van der Waals surface area contributed by atoms with Gasteiger partial charge in [-0.05, 0) is 81.2 Å². The van der Waals surface area contributed by atoms with Gasteiger partial charge in [0.15, 0.2) is 11.7 Å². The molecule has 4 atom stereocenters. The SMILES string of the molecule is C=C(/C=C\C(SC)=C(/C)F)c1cnc2n1CCN=C2N[C@@H]1CCC(C)C(C(=O)N2CCC(CN)CC2)CC1C. The van der Waals surface area contributed by atoms with Gasteiger partial charge in [-0.15, -0.1) is 11.8 Å². The van der Waals surface area contributed by atoms with E-state index in [1.54, 1.807) is 6.08 Å². The normalized spacial score (nSPS) is 27.0. The van der Waals surface area contributed by atoms with Crippen molar-refractivity contribution >= 4 is 29.1 Å². The van der Waals surface area contributed by atoms with E-state index in [9.17, 15) is 9.18 Å². The van der Waals surface area contributed by atoms with E-state index in [1.165, 1.54) is 18.7 Å². The minimum atomic E-state index is -0.201. The molecular weight excluding hydrogens is 511 g/mol. The van der Waals surface area contributed by atoms with Gasteiger partial charge in [-0.3, -0.25) is 9.79 Å². The van der Waals surface area contributed by atoms with Gasteiger partial charge in [0, 0.05) is 36.5 Å². The number of carbonyl (C=O) groups is 1. The van der Waals surface area contributed by atoms with Gasteiger partial charge >= 0.3 is 0 Å². The monoisotopic (exact) mass is 556 g/mol. The van der Waals surface area contributed by atoms with Gasteiger partial charge in [-0.2, -0.15) is 0 Å². The van der Waals surface area contributed by atoms with Crippen molar-refractivity contribution in [3.8, 4) is 0 Å². The minimum Gasteiger partial charge on any atom is -0.364 e. The molecule has 9 heteroatoms. The number of aromatic nitrogens is 2. The summed E-state index contributed by atoms with van der Waals surface area (Å²) in [5, 5.41) is 3.72. The van der Waals surface area contributed by atoms with Crippen LogP contribution < -0.4 is 11.1 Å². The van der Waals surface area contributed by atoms with Gasteiger partial charge in [-0.25, -0.2) is 9.37 Å². The Morgan fingerprint density at radius 1 is 1.21 bits per heavy atom. The number of amides is 1. The number of imidazole rings is 1. The molecule has 0 spiro atoms. The van der Waals surface area contributed by atoms with Crippen LogP contribution in [0.4, 0.5) is 4.39 Å². The second-order valence-electron chi connectivity index (χ2n) is 11.4. The maximum atomic E-state index is 13.7. The first-order valence-electron chi connectivity index (χ1n) is 14.4. The maximum Gasteiger partial charge on any atom is 0.225 e. The van der Waals surface area contributed by atoms with Crippen LogP contribution in [0, 0.1) is 23.7 Å². The van der Waals surface area contributed by atoms with Gasteiger partial charge in [0.25, 0.3) is 0 Å². The Balaban J connectivity index is 1.43.